The Morgan fingerprint density at radius 2 is 2.08 bits per heavy atom. The minimum Gasteiger partial charge on any atom is -0.393 e. The second-order valence-electron chi connectivity index (χ2n) is 6.52. The highest BCUT2D eigenvalue weighted by atomic mass is 35.5. The van der Waals surface area contributed by atoms with Gasteiger partial charge in [-0.25, -0.2) is 4.98 Å². The van der Waals surface area contributed by atoms with Gasteiger partial charge in [0.05, 0.1) is 12.3 Å². The van der Waals surface area contributed by atoms with E-state index in [9.17, 15) is 10.4 Å². The number of nitriles is 1. The first-order valence-corrected chi connectivity index (χ1v) is 9.22. The minimum absolute atomic E-state index is 0.211. The number of aliphatic hydroxyl groups excluding tert-OH is 1. The smallest absolute Gasteiger partial charge is 0.224 e. The van der Waals surface area contributed by atoms with Crippen LogP contribution in [0.15, 0.2) is 30.5 Å². The molecule has 7 heteroatoms. The molecule has 1 heterocycles. The monoisotopic (exact) mass is 371 g/mol. The van der Waals surface area contributed by atoms with E-state index in [1.807, 2.05) is 24.3 Å². The first-order chi connectivity index (χ1) is 12.6. The zero-order valence-electron chi connectivity index (χ0n) is 14.5. The molecule has 0 aliphatic heterocycles. The fourth-order valence-electron chi connectivity index (χ4n) is 3.08. The van der Waals surface area contributed by atoms with Crippen molar-refractivity contribution in [3.05, 3.63) is 46.6 Å². The van der Waals surface area contributed by atoms with E-state index in [-0.39, 0.29) is 12.1 Å². The number of hydrogen-bond acceptors (Lipinski definition) is 6. The molecule has 1 aromatic carbocycles. The molecule has 0 unspecified atom stereocenters. The highest BCUT2D eigenvalue weighted by molar-refractivity contribution is 6.30. The number of halogens is 1. The molecule has 1 fully saturated rings. The van der Waals surface area contributed by atoms with Crippen LogP contribution in [0.4, 0.5) is 11.8 Å². The lowest BCUT2D eigenvalue weighted by Gasteiger charge is -2.26. The van der Waals surface area contributed by atoms with Gasteiger partial charge in [0.15, 0.2) is 0 Å². The van der Waals surface area contributed by atoms with Crippen LogP contribution in [0.2, 0.25) is 5.02 Å². The Labute approximate surface area is 158 Å². The zero-order chi connectivity index (χ0) is 18.4. The molecule has 0 atom stereocenters. The van der Waals surface area contributed by atoms with Gasteiger partial charge in [-0.3, -0.25) is 0 Å². The Hall–Kier alpha value is -2.36. The molecule has 0 bridgehead atoms. The maximum Gasteiger partial charge on any atom is 0.224 e. The summed E-state index contributed by atoms with van der Waals surface area (Å²) in [5.74, 6) is 1.04. The summed E-state index contributed by atoms with van der Waals surface area (Å²) in [6.07, 6.45) is 5.41. The van der Waals surface area contributed by atoms with Crippen molar-refractivity contribution in [2.24, 2.45) is 0 Å². The van der Waals surface area contributed by atoms with Gasteiger partial charge >= 0.3 is 0 Å². The lowest BCUT2D eigenvalue weighted by atomic mass is 9.93. The summed E-state index contributed by atoms with van der Waals surface area (Å²) < 4.78 is 0. The van der Waals surface area contributed by atoms with Gasteiger partial charge in [0.25, 0.3) is 0 Å². The van der Waals surface area contributed by atoms with E-state index in [4.69, 9.17) is 11.6 Å². The first-order valence-electron chi connectivity index (χ1n) is 8.84. The van der Waals surface area contributed by atoms with Crippen molar-refractivity contribution in [2.75, 3.05) is 17.2 Å². The van der Waals surface area contributed by atoms with Gasteiger partial charge in [-0.05, 0) is 49.8 Å². The van der Waals surface area contributed by atoms with Crippen LogP contribution in [0.5, 0.6) is 0 Å². The zero-order valence-corrected chi connectivity index (χ0v) is 15.2. The SMILES string of the molecule is N#Cc1cnc(NCCc2cccc(Cl)c2)nc1N[C@H]1CC[C@H](O)CC1. The molecule has 26 heavy (non-hydrogen) atoms. The van der Waals surface area contributed by atoms with Gasteiger partial charge in [-0.2, -0.15) is 10.2 Å². The second-order valence-corrected chi connectivity index (χ2v) is 6.96. The van der Waals surface area contributed by atoms with Crippen molar-refractivity contribution in [3.8, 4) is 6.07 Å². The van der Waals surface area contributed by atoms with Crippen molar-refractivity contribution in [1.29, 1.82) is 5.26 Å². The number of aromatic nitrogens is 2. The normalized spacial score (nSPS) is 19.6. The van der Waals surface area contributed by atoms with Gasteiger partial charge in [0.2, 0.25) is 5.95 Å². The number of hydrogen-bond donors (Lipinski definition) is 3. The van der Waals surface area contributed by atoms with E-state index in [0.29, 0.717) is 23.9 Å². The van der Waals surface area contributed by atoms with Crippen LogP contribution in [0, 0.1) is 11.3 Å². The fourth-order valence-corrected chi connectivity index (χ4v) is 3.30. The lowest BCUT2D eigenvalue weighted by molar-refractivity contribution is 0.126. The molecule has 2 aromatic rings. The average molecular weight is 372 g/mol. The van der Waals surface area contributed by atoms with Gasteiger partial charge in [0, 0.05) is 17.6 Å². The van der Waals surface area contributed by atoms with Crippen LogP contribution in [0.3, 0.4) is 0 Å². The summed E-state index contributed by atoms with van der Waals surface area (Å²) in [4.78, 5) is 8.67. The molecular weight excluding hydrogens is 350 g/mol. The maximum atomic E-state index is 9.62. The maximum absolute atomic E-state index is 9.62. The van der Waals surface area contributed by atoms with E-state index in [1.165, 1.54) is 6.20 Å². The van der Waals surface area contributed by atoms with Crippen molar-refractivity contribution < 1.29 is 5.11 Å². The summed E-state index contributed by atoms with van der Waals surface area (Å²) in [5.41, 5.74) is 1.56. The predicted molar refractivity (Wildman–Crippen MR) is 102 cm³/mol. The number of nitrogens with one attached hydrogen (secondary N) is 2. The van der Waals surface area contributed by atoms with E-state index >= 15 is 0 Å². The molecule has 3 N–H and O–H groups in total. The van der Waals surface area contributed by atoms with E-state index in [0.717, 1.165) is 42.7 Å². The summed E-state index contributed by atoms with van der Waals surface area (Å²) in [5, 5.41) is 26.2. The summed E-state index contributed by atoms with van der Waals surface area (Å²) in [6, 6.07) is 10.1. The third kappa shape index (κ3) is 5.07. The Morgan fingerprint density at radius 1 is 1.27 bits per heavy atom. The Balaban J connectivity index is 1.60. The highest BCUT2D eigenvalue weighted by Gasteiger charge is 2.20. The van der Waals surface area contributed by atoms with Gasteiger partial charge in [-0.15, -0.1) is 0 Å². The quantitative estimate of drug-likeness (QED) is 0.720. The molecule has 6 nitrogen and oxygen atoms in total. The number of nitrogens with zero attached hydrogens (tertiary/aromatic N) is 3. The third-order valence-corrected chi connectivity index (χ3v) is 4.77. The molecule has 1 aliphatic rings. The Bertz CT molecular complexity index is 784. The molecule has 0 radical (unpaired) electrons. The molecule has 136 valence electrons. The number of aliphatic hydroxyl groups is 1. The number of benzene rings is 1. The molecule has 1 aliphatic carbocycles. The third-order valence-electron chi connectivity index (χ3n) is 4.53. The summed E-state index contributed by atoms with van der Waals surface area (Å²) in [6.45, 7) is 0.668. The number of rotatable bonds is 6. The van der Waals surface area contributed by atoms with Crippen LogP contribution in [0.1, 0.15) is 36.8 Å². The Morgan fingerprint density at radius 3 is 2.81 bits per heavy atom. The van der Waals surface area contributed by atoms with Crippen molar-refractivity contribution in [2.45, 2.75) is 44.2 Å². The molecule has 1 aromatic heterocycles. The van der Waals surface area contributed by atoms with Crippen LogP contribution < -0.4 is 10.6 Å². The molecule has 0 amide bonds. The summed E-state index contributed by atoms with van der Waals surface area (Å²) >= 11 is 6.00. The molecule has 0 spiro atoms. The standard InChI is InChI=1S/C19H22ClN5O/c20-15-3-1-2-13(10-15)8-9-22-19-23-12-14(11-21)18(25-19)24-16-4-6-17(26)7-5-16/h1-3,10,12,16-17,26H,4-9H2,(H2,22,23,24,25)/t16-,17-. The average Bonchev–Trinajstić information content (AvgIpc) is 2.64. The minimum atomic E-state index is -0.211. The van der Waals surface area contributed by atoms with E-state index in [2.05, 4.69) is 26.7 Å². The first kappa shape index (κ1) is 18.4. The predicted octanol–water partition coefficient (Wildman–Crippen LogP) is 3.37. The largest absolute Gasteiger partial charge is 0.393 e. The Kier molecular flexibility index (Phi) is 6.26. The number of anilines is 2. The van der Waals surface area contributed by atoms with Gasteiger partial charge < -0.3 is 15.7 Å². The van der Waals surface area contributed by atoms with Gasteiger partial charge in [0.1, 0.15) is 17.5 Å². The van der Waals surface area contributed by atoms with Crippen molar-refractivity contribution in [1.82, 2.24) is 9.97 Å². The van der Waals surface area contributed by atoms with Crippen LogP contribution in [-0.2, 0) is 6.42 Å². The van der Waals surface area contributed by atoms with Gasteiger partial charge in [-0.1, -0.05) is 23.7 Å². The molecule has 3 rings (SSSR count). The second kappa shape index (κ2) is 8.84. The lowest BCUT2D eigenvalue weighted by Crippen LogP contribution is -2.29. The van der Waals surface area contributed by atoms with E-state index in [1.54, 1.807) is 0 Å². The van der Waals surface area contributed by atoms with Crippen molar-refractivity contribution in [3.63, 3.8) is 0 Å². The van der Waals surface area contributed by atoms with Crippen LogP contribution in [0.25, 0.3) is 0 Å². The van der Waals surface area contributed by atoms with E-state index < -0.39 is 0 Å². The summed E-state index contributed by atoms with van der Waals surface area (Å²) in [7, 11) is 0. The molecule has 0 saturated heterocycles. The molecule has 1 saturated carbocycles. The van der Waals surface area contributed by atoms with Crippen LogP contribution in [-0.4, -0.2) is 33.8 Å². The highest BCUT2D eigenvalue weighted by Crippen LogP contribution is 2.23. The van der Waals surface area contributed by atoms with Crippen molar-refractivity contribution >= 4 is 23.4 Å². The fraction of sp³-hybridized carbons (Fsp3) is 0.421. The molecular formula is C19H22ClN5O. The van der Waals surface area contributed by atoms with Crippen LogP contribution >= 0.6 is 11.6 Å². The topological polar surface area (TPSA) is 93.9 Å².